The average Bonchev–Trinajstić information content (AvgIpc) is 2.71. The van der Waals surface area contributed by atoms with E-state index in [9.17, 15) is 10.1 Å². The van der Waals surface area contributed by atoms with Crippen LogP contribution in [0.4, 0.5) is 5.69 Å². The minimum Gasteiger partial charge on any atom is -0.358 e. The van der Waals surface area contributed by atoms with Gasteiger partial charge in [0.25, 0.3) is 5.69 Å². The van der Waals surface area contributed by atoms with E-state index in [2.05, 4.69) is 11.1 Å². The Balaban J connectivity index is 2.50. The number of aromatic nitrogens is 1. The predicted octanol–water partition coefficient (Wildman–Crippen LogP) is 2.77. The van der Waals surface area contributed by atoms with Crippen LogP contribution in [0.2, 0.25) is 0 Å². The number of nitro groups is 1. The van der Waals surface area contributed by atoms with Crippen LogP contribution in [-0.4, -0.2) is 9.91 Å². The molecule has 0 unspecified atom stereocenters. The molecule has 0 aliphatic rings. The van der Waals surface area contributed by atoms with Crippen LogP contribution in [0.25, 0.3) is 11.3 Å². The highest BCUT2D eigenvalue weighted by molar-refractivity contribution is 5.65. The maximum atomic E-state index is 10.7. The van der Waals surface area contributed by atoms with Gasteiger partial charge in [-0.05, 0) is 13.0 Å². The van der Waals surface area contributed by atoms with Gasteiger partial charge < -0.3 is 4.98 Å². The standard InChI is InChI=1S/C12H9N3O2/c1-8-10(7-13)6-12(14-8)9-3-2-4-11(5-9)15(16)17/h2-6,14H,1H3. The summed E-state index contributed by atoms with van der Waals surface area (Å²) in [7, 11) is 0. The summed E-state index contributed by atoms with van der Waals surface area (Å²) in [5.41, 5.74) is 2.75. The smallest absolute Gasteiger partial charge is 0.270 e. The second-order valence-electron chi connectivity index (χ2n) is 3.64. The van der Waals surface area contributed by atoms with E-state index in [0.29, 0.717) is 16.8 Å². The minimum atomic E-state index is -0.440. The molecule has 0 atom stereocenters. The molecule has 17 heavy (non-hydrogen) atoms. The summed E-state index contributed by atoms with van der Waals surface area (Å²) in [5, 5.41) is 19.5. The van der Waals surface area contributed by atoms with Crippen LogP contribution in [0, 0.1) is 28.4 Å². The molecular weight excluding hydrogens is 218 g/mol. The van der Waals surface area contributed by atoms with Crippen LogP contribution in [0.5, 0.6) is 0 Å². The van der Waals surface area contributed by atoms with Crippen molar-refractivity contribution < 1.29 is 4.92 Å². The second-order valence-corrected chi connectivity index (χ2v) is 3.64. The zero-order chi connectivity index (χ0) is 12.4. The van der Waals surface area contributed by atoms with Gasteiger partial charge in [0.15, 0.2) is 0 Å². The minimum absolute atomic E-state index is 0.0354. The first-order chi connectivity index (χ1) is 8.11. The van der Waals surface area contributed by atoms with Crippen molar-refractivity contribution in [2.75, 3.05) is 0 Å². The summed E-state index contributed by atoms with van der Waals surface area (Å²) in [5.74, 6) is 0. The quantitative estimate of drug-likeness (QED) is 0.632. The third kappa shape index (κ3) is 2.01. The van der Waals surface area contributed by atoms with E-state index >= 15 is 0 Å². The SMILES string of the molecule is Cc1[nH]c(-c2cccc([N+](=O)[O-])c2)cc1C#N. The molecule has 0 saturated carbocycles. The molecule has 2 aromatic rings. The van der Waals surface area contributed by atoms with Crippen molar-refractivity contribution in [3.63, 3.8) is 0 Å². The lowest BCUT2D eigenvalue weighted by Crippen LogP contribution is -1.88. The molecule has 0 spiro atoms. The van der Waals surface area contributed by atoms with Crippen molar-refractivity contribution in [2.24, 2.45) is 0 Å². The number of nitriles is 1. The van der Waals surface area contributed by atoms with E-state index in [0.717, 1.165) is 5.69 Å². The third-order valence-corrected chi connectivity index (χ3v) is 2.50. The van der Waals surface area contributed by atoms with Crippen molar-refractivity contribution >= 4 is 5.69 Å². The summed E-state index contributed by atoms with van der Waals surface area (Å²) in [4.78, 5) is 13.2. The highest BCUT2D eigenvalue weighted by Gasteiger charge is 2.10. The van der Waals surface area contributed by atoms with Crippen molar-refractivity contribution in [3.8, 4) is 17.3 Å². The predicted molar refractivity (Wildman–Crippen MR) is 62.3 cm³/mol. The molecule has 5 heteroatoms. The number of rotatable bonds is 2. The maximum Gasteiger partial charge on any atom is 0.270 e. The van der Waals surface area contributed by atoms with E-state index < -0.39 is 4.92 Å². The van der Waals surface area contributed by atoms with Crippen LogP contribution >= 0.6 is 0 Å². The molecular formula is C12H9N3O2. The average molecular weight is 227 g/mol. The van der Waals surface area contributed by atoms with Crippen LogP contribution in [0.15, 0.2) is 30.3 Å². The third-order valence-electron chi connectivity index (χ3n) is 2.50. The molecule has 0 aliphatic carbocycles. The number of aromatic amines is 1. The van der Waals surface area contributed by atoms with E-state index in [-0.39, 0.29) is 5.69 Å². The van der Waals surface area contributed by atoms with E-state index in [4.69, 9.17) is 5.26 Å². The lowest BCUT2D eigenvalue weighted by molar-refractivity contribution is -0.384. The Kier molecular flexibility index (Phi) is 2.63. The molecule has 0 radical (unpaired) electrons. The molecule has 84 valence electrons. The second kappa shape index (κ2) is 4.10. The zero-order valence-corrected chi connectivity index (χ0v) is 9.10. The van der Waals surface area contributed by atoms with E-state index in [1.165, 1.54) is 12.1 Å². The number of nitrogens with zero attached hydrogens (tertiary/aromatic N) is 2. The lowest BCUT2D eigenvalue weighted by atomic mass is 10.1. The molecule has 1 N–H and O–H groups in total. The molecule has 0 amide bonds. The van der Waals surface area contributed by atoms with Gasteiger partial charge in [0.2, 0.25) is 0 Å². The van der Waals surface area contributed by atoms with Crippen LogP contribution in [-0.2, 0) is 0 Å². The fourth-order valence-corrected chi connectivity index (χ4v) is 1.62. The topological polar surface area (TPSA) is 82.7 Å². The van der Waals surface area contributed by atoms with Gasteiger partial charge in [-0.1, -0.05) is 12.1 Å². The first-order valence-corrected chi connectivity index (χ1v) is 4.96. The Morgan fingerprint density at radius 3 is 2.76 bits per heavy atom. The Hall–Kier alpha value is -2.61. The number of aryl methyl sites for hydroxylation is 1. The van der Waals surface area contributed by atoms with Gasteiger partial charge in [0, 0.05) is 29.1 Å². The number of hydrogen-bond donors (Lipinski definition) is 1. The molecule has 2 rings (SSSR count). The Bertz CT molecular complexity index is 623. The fraction of sp³-hybridized carbons (Fsp3) is 0.0833. The normalized spacial score (nSPS) is 9.88. The molecule has 0 saturated heterocycles. The van der Waals surface area contributed by atoms with Gasteiger partial charge in [0.05, 0.1) is 10.5 Å². The van der Waals surface area contributed by atoms with Gasteiger partial charge >= 0.3 is 0 Å². The summed E-state index contributed by atoms with van der Waals surface area (Å²) in [6.45, 7) is 1.79. The molecule has 1 aromatic carbocycles. The highest BCUT2D eigenvalue weighted by atomic mass is 16.6. The molecule has 0 bridgehead atoms. The molecule has 1 aromatic heterocycles. The number of benzene rings is 1. The molecule has 5 nitrogen and oxygen atoms in total. The first kappa shape index (κ1) is 10.9. The number of hydrogen-bond acceptors (Lipinski definition) is 3. The molecule has 1 heterocycles. The largest absolute Gasteiger partial charge is 0.358 e. The van der Waals surface area contributed by atoms with Gasteiger partial charge in [-0.2, -0.15) is 5.26 Å². The van der Waals surface area contributed by atoms with Gasteiger partial charge in [0.1, 0.15) is 6.07 Å². The van der Waals surface area contributed by atoms with Crippen molar-refractivity contribution in [1.82, 2.24) is 4.98 Å². The molecule has 0 aliphatic heterocycles. The number of H-pyrrole nitrogens is 1. The van der Waals surface area contributed by atoms with Crippen molar-refractivity contribution in [3.05, 3.63) is 51.7 Å². The Labute approximate surface area is 97.5 Å². The lowest BCUT2D eigenvalue weighted by Gasteiger charge is -1.97. The number of nitrogens with one attached hydrogen (secondary N) is 1. The van der Waals surface area contributed by atoms with Gasteiger partial charge in [-0.15, -0.1) is 0 Å². The maximum absolute atomic E-state index is 10.7. The summed E-state index contributed by atoms with van der Waals surface area (Å²) in [6, 6.07) is 10.0. The summed E-state index contributed by atoms with van der Waals surface area (Å²) in [6.07, 6.45) is 0. The Morgan fingerprint density at radius 1 is 1.41 bits per heavy atom. The van der Waals surface area contributed by atoms with Gasteiger partial charge in [-0.3, -0.25) is 10.1 Å². The number of nitro benzene ring substituents is 1. The monoisotopic (exact) mass is 227 g/mol. The molecule has 0 fully saturated rings. The Morgan fingerprint density at radius 2 is 2.18 bits per heavy atom. The highest BCUT2D eigenvalue weighted by Crippen LogP contribution is 2.24. The zero-order valence-electron chi connectivity index (χ0n) is 9.10. The summed E-state index contributed by atoms with van der Waals surface area (Å²) < 4.78 is 0. The van der Waals surface area contributed by atoms with Crippen LogP contribution in [0.1, 0.15) is 11.3 Å². The van der Waals surface area contributed by atoms with E-state index in [1.807, 2.05) is 0 Å². The van der Waals surface area contributed by atoms with Crippen LogP contribution in [0.3, 0.4) is 0 Å². The van der Waals surface area contributed by atoms with Crippen molar-refractivity contribution in [1.29, 1.82) is 5.26 Å². The first-order valence-electron chi connectivity index (χ1n) is 4.96. The fourth-order valence-electron chi connectivity index (χ4n) is 1.62. The van der Waals surface area contributed by atoms with Crippen molar-refractivity contribution in [2.45, 2.75) is 6.92 Å². The van der Waals surface area contributed by atoms with Gasteiger partial charge in [-0.25, -0.2) is 0 Å². The number of non-ortho nitro benzene ring substituents is 1. The summed E-state index contributed by atoms with van der Waals surface area (Å²) >= 11 is 0. The van der Waals surface area contributed by atoms with E-state index in [1.54, 1.807) is 25.1 Å². The van der Waals surface area contributed by atoms with Crippen LogP contribution < -0.4 is 0 Å².